The highest BCUT2D eigenvalue weighted by molar-refractivity contribution is 6.15. The molecule has 0 atom stereocenters. The van der Waals surface area contributed by atoms with Crippen LogP contribution in [0.2, 0.25) is 0 Å². The topological polar surface area (TPSA) is 79.1 Å². The van der Waals surface area contributed by atoms with Gasteiger partial charge in [0.2, 0.25) is 11.2 Å². The molecule has 12 rings (SSSR count). The number of fused-ring (bicyclic) bond motifs is 15. The maximum Gasteiger partial charge on any atom is 0.318 e. The van der Waals surface area contributed by atoms with Gasteiger partial charge in [0.15, 0.2) is 11.2 Å². The Balaban J connectivity index is 1.21. The van der Waals surface area contributed by atoms with Gasteiger partial charge in [-0.15, -0.1) is 0 Å². The van der Waals surface area contributed by atoms with Crippen molar-refractivity contribution in [2.24, 2.45) is 0 Å². The number of hydrogen-bond acceptors (Lipinski definition) is 4. The summed E-state index contributed by atoms with van der Waals surface area (Å²) in [5.41, 5.74) is 7.15. The zero-order valence-electron chi connectivity index (χ0n) is 26.1. The SMILES string of the molecule is O=c1c2oc3c(-n4c5ccccc5c5ccccc54)cccc3c2n2c3c(oc4c(-n5c6ccccc6c6ccccc65)cccc43)c(=O)n12. The van der Waals surface area contributed by atoms with Gasteiger partial charge in [0.25, 0.3) is 0 Å². The van der Waals surface area contributed by atoms with Crippen molar-refractivity contribution in [3.8, 4) is 11.4 Å². The normalized spacial score (nSPS) is 12.6. The highest BCUT2D eigenvalue weighted by atomic mass is 16.4. The first-order valence-electron chi connectivity index (χ1n) is 16.5. The predicted molar refractivity (Wildman–Crippen MR) is 198 cm³/mol. The van der Waals surface area contributed by atoms with Crippen molar-refractivity contribution in [3.63, 3.8) is 0 Å². The van der Waals surface area contributed by atoms with E-state index in [1.807, 2.05) is 84.9 Å². The Morgan fingerprint density at radius 2 is 0.680 bits per heavy atom. The van der Waals surface area contributed by atoms with Crippen LogP contribution in [-0.2, 0) is 0 Å². The molecule has 6 aromatic carbocycles. The van der Waals surface area contributed by atoms with Crippen LogP contribution in [-0.4, -0.2) is 18.2 Å². The molecule has 0 saturated carbocycles. The second-order valence-corrected chi connectivity index (χ2v) is 12.8. The van der Waals surface area contributed by atoms with Crippen LogP contribution in [0.4, 0.5) is 0 Å². The minimum atomic E-state index is -0.521. The largest absolute Gasteiger partial charge is 0.446 e. The summed E-state index contributed by atoms with van der Waals surface area (Å²) >= 11 is 0. The van der Waals surface area contributed by atoms with E-state index in [2.05, 4.69) is 57.7 Å². The van der Waals surface area contributed by atoms with Gasteiger partial charge in [-0.1, -0.05) is 84.9 Å². The minimum absolute atomic E-state index is 0.125. The molecule has 234 valence electrons. The molecule has 0 aliphatic carbocycles. The molecule has 0 bridgehead atoms. The lowest BCUT2D eigenvalue weighted by molar-refractivity contribution is 0.654. The molecule has 0 fully saturated rings. The molecule has 8 nitrogen and oxygen atoms in total. The Kier molecular flexibility index (Phi) is 4.61. The third kappa shape index (κ3) is 2.94. The minimum Gasteiger partial charge on any atom is -0.446 e. The van der Waals surface area contributed by atoms with E-state index < -0.39 is 11.1 Å². The van der Waals surface area contributed by atoms with E-state index in [0.717, 1.165) is 70.3 Å². The van der Waals surface area contributed by atoms with Crippen molar-refractivity contribution in [1.82, 2.24) is 18.2 Å². The van der Waals surface area contributed by atoms with Gasteiger partial charge in [0, 0.05) is 32.3 Å². The molecule has 50 heavy (non-hydrogen) atoms. The second kappa shape index (κ2) is 8.89. The van der Waals surface area contributed by atoms with Crippen molar-refractivity contribution in [1.29, 1.82) is 0 Å². The number of rotatable bonds is 2. The summed E-state index contributed by atoms with van der Waals surface area (Å²) in [6.45, 7) is 0. The zero-order valence-corrected chi connectivity index (χ0v) is 26.1. The fraction of sp³-hybridized carbons (Fsp3) is 0. The second-order valence-electron chi connectivity index (χ2n) is 12.8. The summed E-state index contributed by atoms with van der Waals surface area (Å²) in [6, 6.07) is 44.9. The number of aromatic nitrogens is 4. The van der Waals surface area contributed by atoms with E-state index in [-0.39, 0.29) is 11.2 Å². The summed E-state index contributed by atoms with van der Waals surface area (Å²) in [6.07, 6.45) is 0. The first-order chi connectivity index (χ1) is 24.7. The van der Waals surface area contributed by atoms with Gasteiger partial charge < -0.3 is 18.0 Å². The van der Waals surface area contributed by atoms with Gasteiger partial charge in [-0.05, 0) is 48.5 Å². The summed E-state index contributed by atoms with van der Waals surface area (Å²) in [5, 5.41) is 5.95. The Hall–Kier alpha value is -7.06. The Bertz CT molecular complexity index is 3210. The number of benzene rings is 6. The van der Waals surface area contributed by atoms with Crippen molar-refractivity contribution in [2.45, 2.75) is 0 Å². The monoisotopic (exact) mass is 646 g/mol. The third-order valence-corrected chi connectivity index (χ3v) is 10.4. The third-order valence-electron chi connectivity index (χ3n) is 10.4. The maximum absolute atomic E-state index is 14.0. The van der Waals surface area contributed by atoms with Gasteiger partial charge in [0.1, 0.15) is 11.0 Å². The van der Waals surface area contributed by atoms with Crippen LogP contribution < -0.4 is 11.1 Å². The lowest BCUT2D eigenvalue weighted by Gasteiger charge is -2.08. The van der Waals surface area contributed by atoms with Crippen LogP contribution in [0.15, 0.2) is 152 Å². The van der Waals surface area contributed by atoms with Gasteiger partial charge in [-0.25, -0.2) is 4.52 Å². The molecule has 0 N–H and O–H groups in total. The summed E-state index contributed by atoms with van der Waals surface area (Å²) in [5.74, 6) is 0. The molecule has 0 radical (unpaired) electrons. The van der Waals surface area contributed by atoms with Crippen LogP contribution in [0, 0.1) is 0 Å². The van der Waals surface area contributed by atoms with Gasteiger partial charge in [-0.3, -0.25) is 9.59 Å². The molecule has 0 aliphatic rings. The molecule has 6 heterocycles. The van der Waals surface area contributed by atoms with Crippen LogP contribution in [0.25, 0.3) is 99.1 Å². The van der Waals surface area contributed by atoms with Crippen molar-refractivity contribution < 1.29 is 8.83 Å². The molecular formula is C42H22N4O4. The van der Waals surface area contributed by atoms with Crippen molar-refractivity contribution in [2.75, 3.05) is 0 Å². The Morgan fingerprint density at radius 3 is 1.06 bits per heavy atom. The van der Waals surface area contributed by atoms with Crippen molar-refractivity contribution >= 4 is 87.7 Å². The quantitative estimate of drug-likeness (QED) is 0.188. The number of furan rings is 2. The number of hydrogen-bond donors (Lipinski definition) is 0. The number of para-hydroxylation sites is 6. The Morgan fingerprint density at radius 1 is 0.340 bits per heavy atom. The van der Waals surface area contributed by atoms with Crippen LogP contribution >= 0.6 is 0 Å². The molecule has 0 amide bonds. The Labute approximate surface area is 279 Å². The van der Waals surface area contributed by atoms with E-state index in [1.165, 1.54) is 0 Å². The van der Waals surface area contributed by atoms with Crippen LogP contribution in [0.5, 0.6) is 0 Å². The van der Waals surface area contributed by atoms with Crippen LogP contribution in [0.1, 0.15) is 0 Å². The smallest absolute Gasteiger partial charge is 0.318 e. The van der Waals surface area contributed by atoms with E-state index >= 15 is 0 Å². The summed E-state index contributed by atoms with van der Waals surface area (Å²) in [7, 11) is 0. The predicted octanol–water partition coefficient (Wildman–Crippen LogP) is 9.19. The van der Waals surface area contributed by atoms with Crippen LogP contribution in [0.3, 0.4) is 0 Å². The zero-order chi connectivity index (χ0) is 32.8. The molecule has 0 saturated heterocycles. The molecule has 12 aromatic rings. The highest BCUT2D eigenvalue weighted by Crippen LogP contribution is 2.40. The van der Waals surface area contributed by atoms with Crippen molar-refractivity contribution in [3.05, 3.63) is 154 Å². The average molecular weight is 647 g/mol. The van der Waals surface area contributed by atoms with Gasteiger partial charge >= 0.3 is 11.1 Å². The standard InChI is InChI=1S/C42H22N4O4/c47-41-39-35(27-15-9-21-33(37(27)49-39)43-29-17-5-1-11-23(29)24-12-2-6-18-30(24)43)45-36-28-16-10-22-34(38(28)50-40(36)42(48)46(41)45)44-31-19-7-3-13-25(31)26-14-4-8-20-32(26)44/h1-22H. The van der Waals surface area contributed by atoms with E-state index in [0.29, 0.717) is 22.2 Å². The lowest BCUT2D eigenvalue weighted by atomic mass is 10.2. The maximum atomic E-state index is 14.0. The first kappa shape index (κ1) is 26.0. The highest BCUT2D eigenvalue weighted by Gasteiger charge is 2.29. The molecular weight excluding hydrogens is 624 g/mol. The van der Waals surface area contributed by atoms with Gasteiger partial charge in [-0.2, -0.15) is 4.52 Å². The lowest BCUT2D eigenvalue weighted by Crippen LogP contribution is -2.21. The molecule has 6 aromatic heterocycles. The summed E-state index contributed by atoms with van der Waals surface area (Å²) in [4.78, 5) is 28.1. The van der Waals surface area contributed by atoms with E-state index in [4.69, 9.17) is 8.83 Å². The van der Waals surface area contributed by atoms with E-state index in [9.17, 15) is 9.59 Å². The first-order valence-corrected chi connectivity index (χ1v) is 16.5. The fourth-order valence-corrected chi connectivity index (χ4v) is 8.39. The molecule has 0 spiro atoms. The fourth-order valence-electron chi connectivity index (χ4n) is 8.39. The average Bonchev–Trinajstić information content (AvgIpc) is 3.98. The number of nitrogens with zero attached hydrogens (tertiary/aromatic N) is 4. The van der Waals surface area contributed by atoms with Gasteiger partial charge in [0.05, 0.1) is 33.4 Å². The molecule has 8 heteroatoms. The summed E-state index contributed by atoms with van der Waals surface area (Å²) < 4.78 is 20.2. The molecule has 0 aliphatic heterocycles. The molecule has 0 unspecified atom stereocenters. The van der Waals surface area contributed by atoms with E-state index in [1.54, 1.807) is 4.52 Å².